The summed E-state index contributed by atoms with van der Waals surface area (Å²) in [6.45, 7) is 0. The number of anilines is 3. The number of hydrogen-bond acceptors (Lipinski definition) is 2. The van der Waals surface area contributed by atoms with Crippen LogP contribution in [0.25, 0.3) is 75.8 Å². The van der Waals surface area contributed by atoms with E-state index in [1.54, 1.807) is 0 Å². The molecule has 9 aromatic carbocycles. The minimum absolute atomic E-state index is 1.10. The number of rotatable bonds is 8. The lowest BCUT2D eigenvalue weighted by Gasteiger charge is -2.29. The SMILES string of the molecule is c1ccc(-c2ccc(N(c3ccc4c(c3)sc3ccccc34)c3ccc(-c4cc(-c5ccccc5)cc(-c5ccccc5)c4)cc3-c3ccccc3)cc2)cc1. The first-order valence-corrected chi connectivity index (χ1v) is 19.9. The molecule has 1 heterocycles. The summed E-state index contributed by atoms with van der Waals surface area (Å²) in [6.07, 6.45) is 0. The molecule has 10 rings (SSSR count). The summed E-state index contributed by atoms with van der Waals surface area (Å²) in [5, 5.41) is 2.60. The maximum Gasteiger partial charge on any atom is 0.0540 e. The van der Waals surface area contributed by atoms with Gasteiger partial charge in [0.25, 0.3) is 0 Å². The molecule has 0 saturated heterocycles. The third-order valence-electron chi connectivity index (χ3n) is 10.7. The van der Waals surface area contributed by atoms with Crippen molar-refractivity contribution in [2.45, 2.75) is 0 Å². The molecule has 0 saturated carbocycles. The van der Waals surface area contributed by atoms with Crippen molar-refractivity contribution in [3.05, 3.63) is 224 Å². The zero-order chi connectivity index (χ0) is 37.3. The van der Waals surface area contributed by atoms with Crippen LogP contribution in [0, 0.1) is 0 Å². The van der Waals surface area contributed by atoms with Crippen molar-refractivity contribution in [3.8, 4) is 55.6 Å². The van der Waals surface area contributed by atoms with Crippen LogP contribution < -0.4 is 4.90 Å². The lowest BCUT2D eigenvalue weighted by Crippen LogP contribution is -2.11. The summed E-state index contributed by atoms with van der Waals surface area (Å²) in [5.74, 6) is 0. The molecule has 0 aliphatic rings. The monoisotopic (exact) mass is 731 g/mol. The quantitative estimate of drug-likeness (QED) is 0.150. The van der Waals surface area contributed by atoms with Gasteiger partial charge in [-0.1, -0.05) is 164 Å². The van der Waals surface area contributed by atoms with E-state index in [0.29, 0.717) is 0 Å². The highest BCUT2D eigenvalue weighted by Gasteiger charge is 2.20. The van der Waals surface area contributed by atoms with Crippen molar-refractivity contribution >= 4 is 48.6 Å². The molecule has 0 unspecified atom stereocenters. The fourth-order valence-electron chi connectivity index (χ4n) is 7.86. The average molecular weight is 732 g/mol. The van der Waals surface area contributed by atoms with Crippen LogP contribution in [0.3, 0.4) is 0 Å². The zero-order valence-electron chi connectivity index (χ0n) is 30.7. The standard InChI is InChI=1S/C54H37NS/c1-5-15-38(16-6-1)41-25-28-47(29-26-41)55(48-30-31-50-49-23-13-14-24-53(49)56-54(50)37-48)52-32-27-43(36-51(52)42-21-11-4-12-22-42)46-34-44(39-17-7-2-8-18-39)33-45(35-46)40-19-9-3-10-20-40/h1-37H. The molecule has 2 heteroatoms. The fraction of sp³-hybridized carbons (Fsp3) is 0. The summed E-state index contributed by atoms with van der Waals surface area (Å²) in [7, 11) is 0. The Balaban J connectivity index is 1.17. The van der Waals surface area contributed by atoms with Crippen LogP contribution in [-0.2, 0) is 0 Å². The van der Waals surface area contributed by atoms with Crippen LogP contribution in [0.5, 0.6) is 0 Å². The van der Waals surface area contributed by atoms with Crippen LogP contribution in [-0.4, -0.2) is 0 Å². The van der Waals surface area contributed by atoms with Gasteiger partial charge in [-0.25, -0.2) is 0 Å². The highest BCUT2D eigenvalue weighted by molar-refractivity contribution is 7.25. The Morgan fingerprint density at radius 3 is 1.32 bits per heavy atom. The zero-order valence-corrected chi connectivity index (χ0v) is 31.5. The van der Waals surface area contributed by atoms with E-state index in [9.17, 15) is 0 Å². The first-order chi connectivity index (χ1) is 27.7. The van der Waals surface area contributed by atoms with Gasteiger partial charge in [0, 0.05) is 37.1 Å². The van der Waals surface area contributed by atoms with Crippen molar-refractivity contribution in [2.75, 3.05) is 4.90 Å². The Morgan fingerprint density at radius 1 is 0.268 bits per heavy atom. The molecule has 0 N–H and O–H groups in total. The van der Waals surface area contributed by atoms with Gasteiger partial charge < -0.3 is 4.90 Å². The van der Waals surface area contributed by atoms with Gasteiger partial charge in [0.05, 0.1) is 5.69 Å². The highest BCUT2D eigenvalue weighted by atomic mass is 32.1. The molecule has 264 valence electrons. The van der Waals surface area contributed by atoms with Crippen LogP contribution in [0.1, 0.15) is 0 Å². The van der Waals surface area contributed by atoms with Crippen LogP contribution in [0.4, 0.5) is 17.1 Å². The molecule has 1 nitrogen and oxygen atoms in total. The predicted molar refractivity (Wildman–Crippen MR) is 241 cm³/mol. The van der Waals surface area contributed by atoms with E-state index in [4.69, 9.17) is 0 Å². The molecule has 0 amide bonds. The molecule has 10 aromatic rings. The first-order valence-electron chi connectivity index (χ1n) is 19.1. The fourth-order valence-corrected chi connectivity index (χ4v) is 9.00. The Bertz CT molecular complexity index is 2870. The van der Waals surface area contributed by atoms with Gasteiger partial charge in [0.2, 0.25) is 0 Å². The second-order valence-electron chi connectivity index (χ2n) is 14.2. The third-order valence-corrected chi connectivity index (χ3v) is 11.8. The van der Waals surface area contributed by atoms with Crippen LogP contribution in [0.15, 0.2) is 224 Å². The molecule has 0 spiro atoms. The summed E-state index contributed by atoms with van der Waals surface area (Å²) >= 11 is 1.86. The largest absolute Gasteiger partial charge is 0.310 e. The number of hydrogen-bond donors (Lipinski definition) is 0. The molecule has 0 bridgehead atoms. The summed E-state index contributed by atoms with van der Waals surface area (Å²) in [5.41, 5.74) is 15.2. The lowest BCUT2D eigenvalue weighted by molar-refractivity contribution is 1.29. The van der Waals surface area contributed by atoms with Crippen LogP contribution >= 0.6 is 11.3 Å². The minimum Gasteiger partial charge on any atom is -0.310 e. The molecular weight excluding hydrogens is 695 g/mol. The van der Waals surface area contributed by atoms with E-state index in [2.05, 4.69) is 229 Å². The number of benzene rings is 9. The molecule has 0 aliphatic carbocycles. The Hall–Kier alpha value is -7.00. The minimum atomic E-state index is 1.10. The highest BCUT2D eigenvalue weighted by Crippen LogP contribution is 2.46. The van der Waals surface area contributed by atoms with Gasteiger partial charge >= 0.3 is 0 Å². The van der Waals surface area contributed by atoms with Gasteiger partial charge in [-0.3, -0.25) is 0 Å². The molecule has 56 heavy (non-hydrogen) atoms. The van der Waals surface area contributed by atoms with E-state index < -0.39 is 0 Å². The van der Waals surface area contributed by atoms with Gasteiger partial charge in [-0.05, 0) is 111 Å². The smallest absolute Gasteiger partial charge is 0.0540 e. The maximum absolute atomic E-state index is 2.43. The van der Waals surface area contributed by atoms with Crippen molar-refractivity contribution in [1.82, 2.24) is 0 Å². The van der Waals surface area contributed by atoms with Crippen molar-refractivity contribution in [3.63, 3.8) is 0 Å². The predicted octanol–water partition coefficient (Wildman–Crippen LogP) is 15.9. The van der Waals surface area contributed by atoms with Gasteiger partial charge in [0.1, 0.15) is 0 Å². The summed E-state index contributed by atoms with van der Waals surface area (Å²) < 4.78 is 2.58. The van der Waals surface area contributed by atoms with E-state index >= 15 is 0 Å². The van der Waals surface area contributed by atoms with Gasteiger partial charge in [-0.15, -0.1) is 11.3 Å². The number of fused-ring (bicyclic) bond motifs is 3. The van der Waals surface area contributed by atoms with E-state index in [1.165, 1.54) is 70.2 Å². The van der Waals surface area contributed by atoms with Crippen molar-refractivity contribution in [2.24, 2.45) is 0 Å². The molecule has 0 fully saturated rings. The third kappa shape index (κ3) is 6.47. The Kier molecular flexibility index (Phi) is 8.79. The lowest BCUT2D eigenvalue weighted by atomic mass is 9.91. The van der Waals surface area contributed by atoms with Gasteiger partial charge in [0.15, 0.2) is 0 Å². The Labute approximate surface area is 332 Å². The number of nitrogens with zero attached hydrogens (tertiary/aromatic N) is 1. The van der Waals surface area contributed by atoms with Crippen molar-refractivity contribution in [1.29, 1.82) is 0 Å². The second kappa shape index (κ2) is 14.7. The van der Waals surface area contributed by atoms with Crippen LogP contribution in [0.2, 0.25) is 0 Å². The molecular formula is C54H37NS. The van der Waals surface area contributed by atoms with E-state index in [0.717, 1.165) is 22.6 Å². The first kappa shape index (κ1) is 33.6. The topological polar surface area (TPSA) is 3.24 Å². The maximum atomic E-state index is 2.43. The van der Waals surface area contributed by atoms with E-state index in [1.807, 2.05) is 11.3 Å². The van der Waals surface area contributed by atoms with Gasteiger partial charge in [-0.2, -0.15) is 0 Å². The molecule has 1 aromatic heterocycles. The summed E-state index contributed by atoms with van der Waals surface area (Å²) in [6, 6.07) is 81.5. The molecule has 0 radical (unpaired) electrons. The van der Waals surface area contributed by atoms with Crippen molar-refractivity contribution < 1.29 is 0 Å². The average Bonchev–Trinajstić information content (AvgIpc) is 3.66. The molecule has 0 aliphatic heterocycles. The summed E-state index contributed by atoms with van der Waals surface area (Å²) in [4.78, 5) is 2.43. The second-order valence-corrected chi connectivity index (χ2v) is 15.2. The number of thiophene rings is 1. The Morgan fingerprint density at radius 2 is 0.714 bits per heavy atom. The molecule has 0 atom stereocenters. The van der Waals surface area contributed by atoms with E-state index in [-0.39, 0.29) is 0 Å². The normalized spacial score (nSPS) is 11.2.